The molecule has 3 unspecified atom stereocenters. The van der Waals surface area contributed by atoms with Crippen LogP contribution in [0.5, 0.6) is 0 Å². The van der Waals surface area contributed by atoms with E-state index in [4.69, 9.17) is 5.11 Å². The molecule has 0 aromatic rings. The van der Waals surface area contributed by atoms with E-state index in [1.54, 1.807) is 0 Å². The Bertz CT molecular complexity index is 206. The Balaban J connectivity index is 2.16. The van der Waals surface area contributed by atoms with Crippen molar-refractivity contribution in [1.29, 1.82) is 0 Å². The molecule has 0 aromatic carbocycles. The highest BCUT2D eigenvalue weighted by atomic mass is 16.4. The topological polar surface area (TPSA) is 49.3 Å². The van der Waals surface area contributed by atoms with E-state index >= 15 is 0 Å². The number of rotatable bonds is 6. The average molecular weight is 213 g/mol. The van der Waals surface area contributed by atoms with Gasteiger partial charge < -0.3 is 10.4 Å². The molecule has 3 heteroatoms. The normalized spacial score (nSPS) is 27.9. The largest absolute Gasteiger partial charge is 0.481 e. The van der Waals surface area contributed by atoms with E-state index in [1.807, 2.05) is 0 Å². The fraction of sp³-hybridized carbons (Fsp3) is 0.917. The van der Waals surface area contributed by atoms with Gasteiger partial charge in [-0.2, -0.15) is 0 Å². The minimum absolute atomic E-state index is 0.107. The highest BCUT2D eigenvalue weighted by Gasteiger charge is 2.29. The highest BCUT2D eigenvalue weighted by molar-refractivity contribution is 5.70. The Labute approximate surface area is 92.3 Å². The van der Waals surface area contributed by atoms with E-state index in [9.17, 15) is 4.79 Å². The third-order valence-electron chi connectivity index (χ3n) is 3.32. The molecule has 0 amide bonds. The van der Waals surface area contributed by atoms with Crippen molar-refractivity contribution >= 4 is 5.97 Å². The Morgan fingerprint density at radius 2 is 2.27 bits per heavy atom. The second kappa shape index (κ2) is 6.11. The van der Waals surface area contributed by atoms with Crippen molar-refractivity contribution in [2.75, 3.05) is 6.54 Å². The number of hydrogen-bond acceptors (Lipinski definition) is 2. The first-order valence-electron chi connectivity index (χ1n) is 6.09. The van der Waals surface area contributed by atoms with Crippen LogP contribution in [0.4, 0.5) is 0 Å². The first kappa shape index (κ1) is 12.5. The summed E-state index contributed by atoms with van der Waals surface area (Å²) >= 11 is 0. The molecule has 15 heavy (non-hydrogen) atoms. The molecule has 3 atom stereocenters. The predicted molar refractivity (Wildman–Crippen MR) is 60.8 cm³/mol. The maximum absolute atomic E-state index is 10.8. The standard InChI is InChI=1S/C12H23NO2/c1-3-4-9(2)8-13-11-6-5-10(7-11)12(14)15/h9-11,13H,3-8H2,1-2H3,(H,14,15). The Morgan fingerprint density at radius 3 is 2.80 bits per heavy atom. The second-order valence-corrected chi connectivity index (χ2v) is 4.85. The van der Waals surface area contributed by atoms with Gasteiger partial charge in [-0.25, -0.2) is 0 Å². The molecule has 0 saturated heterocycles. The molecule has 0 spiro atoms. The first-order valence-corrected chi connectivity index (χ1v) is 6.09. The summed E-state index contributed by atoms with van der Waals surface area (Å²) in [5.41, 5.74) is 0. The maximum atomic E-state index is 10.8. The summed E-state index contributed by atoms with van der Waals surface area (Å²) in [4.78, 5) is 10.8. The third kappa shape index (κ3) is 4.20. The monoisotopic (exact) mass is 213 g/mol. The van der Waals surface area contributed by atoms with Crippen molar-refractivity contribution < 1.29 is 9.90 Å². The van der Waals surface area contributed by atoms with Gasteiger partial charge in [0.05, 0.1) is 5.92 Å². The number of carboxylic acid groups (broad SMARTS) is 1. The zero-order valence-electron chi connectivity index (χ0n) is 9.83. The van der Waals surface area contributed by atoms with E-state index in [2.05, 4.69) is 19.2 Å². The van der Waals surface area contributed by atoms with E-state index in [1.165, 1.54) is 12.8 Å². The number of nitrogens with one attached hydrogen (secondary N) is 1. The summed E-state index contributed by atoms with van der Waals surface area (Å²) in [5.74, 6) is -0.0243. The highest BCUT2D eigenvalue weighted by Crippen LogP contribution is 2.25. The van der Waals surface area contributed by atoms with Gasteiger partial charge in [-0.1, -0.05) is 20.3 Å². The zero-order valence-corrected chi connectivity index (χ0v) is 9.83. The molecule has 0 bridgehead atoms. The Kier molecular flexibility index (Phi) is 5.09. The van der Waals surface area contributed by atoms with Crippen LogP contribution in [0.2, 0.25) is 0 Å². The van der Waals surface area contributed by atoms with Crippen molar-refractivity contribution in [3.63, 3.8) is 0 Å². The molecule has 3 nitrogen and oxygen atoms in total. The zero-order chi connectivity index (χ0) is 11.3. The minimum atomic E-state index is -0.624. The summed E-state index contributed by atoms with van der Waals surface area (Å²) in [6.45, 7) is 5.48. The Morgan fingerprint density at radius 1 is 1.53 bits per heavy atom. The van der Waals surface area contributed by atoms with E-state index in [0.717, 1.165) is 25.8 Å². The molecular formula is C12H23NO2. The van der Waals surface area contributed by atoms with E-state index in [0.29, 0.717) is 12.0 Å². The van der Waals surface area contributed by atoms with Gasteiger partial charge in [-0.05, 0) is 38.1 Å². The van der Waals surface area contributed by atoms with Gasteiger partial charge in [0.15, 0.2) is 0 Å². The molecule has 0 radical (unpaired) electrons. The quantitative estimate of drug-likeness (QED) is 0.711. The lowest BCUT2D eigenvalue weighted by Gasteiger charge is -2.16. The summed E-state index contributed by atoms with van der Waals surface area (Å²) in [6, 6.07) is 0.436. The minimum Gasteiger partial charge on any atom is -0.481 e. The van der Waals surface area contributed by atoms with Crippen LogP contribution in [-0.2, 0) is 4.79 Å². The second-order valence-electron chi connectivity index (χ2n) is 4.85. The lowest BCUT2D eigenvalue weighted by molar-refractivity contribution is -0.141. The molecule has 2 N–H and O–H groups in total. The molecule has 1 aliphatic carbocycles. The van der Waals surface area contributed by atoms with Crippen molar-refractivity contribution in [2.45, 2.75) is 52.0 Å². The van der Waals surface area contributed by atoms with Gasteiger partial charge in [0, 0.05) is 6.04 Å². The third-order valence-corrected chi connectivity index (χ3v) is 3.32. The molecule has 1 saturated carbocycles. The van der Waals surface area contributed by atoms with E-state index < -0.39 is 5.97 Å². The van der Waals surface area contributed by atoms with Gasteiger partial charge in [0.2, 0.25) is 0 Å². The van der Waals surface area contributed by atoms with Crippen LogP contribution >= 0.6 is 0 Å². The first-order chi connectivity index (χ1) is 7.13. The lowest BCUT2D eigenvalue weighted by atomic mass is 10.1. The molecular weight excluding hydrogens is 190 g/mol. The van der Waals surface area contributed by atoms with Crippen molar-refractivity contribution in [3.05, 3.63) is 0 Å². The predicted octanol–water partition coefficient (Wildman–Crippen LogP) is 2.27. The number of carboxylic acids is 1. The molecule has 0 heterocycles. The summed E-state index contributed by atoms with van der Waals surface area (Å²) in [6.07, 6.45) is 5.16. The van der Waals surface area contributed by atoms with Crippen LogP contribution in [0.3, 0.4) is 0 Å². The average Bonchev–Trinajstić information content (AvgIpc) is 2.63. The fourth-order valence-corrected chi connectivity index (χ4v) is 2.35. The smallest absolute Gasteiger partial charge is 0.306 e. The number of aliphatic carboxylic acids is 1. The van der Waals surface area contributed by atoms with Crippen molar-refractivity contribution in [3.8, 4) is 0 Å². The summed E-state index contributed by atoms with van der Waals surface area (Å²) in [5, 5.41) is 12.4. The van der Waals surface area contributed by atoms with Gasteiger partial charge in [0.1, 0.15) is 0 Å². The van der Waals surface area contributed by atoms with Crippen LogP contribution in [0.15, 0.2) is 0 Å². The molecule has 1 fully saturated rings. The molecule has 1 aliphatic rings. The number of hydrogen-bond donors (Lipinski definition) is 2. The molecule has 88 valence electrons. The lowest BCUT2D eigenvalue weighted by Crippen LogP contribution is -2.31. The SMILES string of the molecule is CCCC(C)CNC1CCC(C(=O)O)C1. The van der Waals surface area contributed by atoms with Gasteiger partial charge >= 0.3 is 5.97 Å². The van der Waals surface area contributed by atoms with Crippen molar-refractivity contribution in [2.24, 2.45) is 11.8 Å². The van der Waals surface area contributed by atoms with Crippen LogP contribution in [0, 0.1) is 11.8 Å². The van der Waals surface area contributed by atoms with Gasteiger partial charge in [-0.3, -0.25) is 4.79 Å². The summed E-state index contributed by atoms with van der Waals surface area (Å²) in [7, 11) is 0. The van der Waals surface area contributed by atoms with E-state index in [-0.39, 0.29) is 5.92 Å². The summed E-state index contributed by atoms with van der Waals surface area (Å²) < 4.78 is 0. The maximum Gasteiger partial charge on any atom is 0.306 e. The van der Waals surface area contributed by atoms with Crippen LogP contribution in [-0.4, -0.2) is 23.7 Å². The van der Waals surface area contributed by atoms with Crippen LogP contribution in [0.1, 0.15) is 46.0 Å². The fourth-order valence-electron chi connectivity index (χ4n) is 2.35. The van der Waals surface area contributed by atoms with Gasteiger partial charge in [-0.15, -0.1) is 0 Å². The van der Waals surface area contributed by atoms with Crippen LogP contribution < -0.4 is 5.32 Å². The Hall–Kier alpha value is -0.570. The number of carbonyl (C=O) groups is 1. The molecule has 1 rings (SSSR count). The van der Waals surface area contributed by atoms with Crippen LogP contribution in [0.25, 0.3) is 0 Å². The van der Waals surface area contributed by atoms with Gasteiger partial charge in [0.25, 0.3) is 0 Å². The molecule has 0 aliphatic heterocycles. The molecule has 0 aromatic heterocycles. The van der Waals surface area contributed by atoms with Crippen molar-refractivity contribution in [1.82, 2.24) is 5.32 Å².